The fraction of sp³-hybridized carbons (Fsp3) is 0.364. The Bertz CT molecular complexity index is 728. The molecule has 142 valence electrons. The Morgan fingerprint density at radius 1 is 0.963 bits per heavy atom. The number of aryl methyl sites for hydroxylation is 1. The number of hydrogen-bond acceptors (Lipinski definition) is 3. The highest BCUT2D eigenvalue weighted by Crippen LogP contribution is 2.14. The number of nitrogens with zero attached hydrogens (tertiary/aromatic N) is 1. The van der Waals surface area contributed by atoms with E-state index in [0.717, 1.165) is 38.1 Å². The molecular weight excluding hydrogens is 356 g/mol. The first-order valence-electron chi connectivity index (χ1n) is 9.48. The van der Waals surface area contributed by atoms with Gasteiger partial charge in [-0.3, -0.25) is 9.59 Å². The third-order valence-electron chi connectivity index (χ3n) is 4.82. The van der Waals surface area contributed by atoms with Crippen molar-refractivity contribution < 1.29 is 9.59 Å². The van der Waals surface area contributed by atoms with Gasteiger partial charge in [-0.2, -0.15) is 11.8 Å². The predicted molar refractivity (Wildman–Crippen MR) is 111 cm³/mol. The van der Waals surface area contributed by atoms with Crippen molar-refractivity contribution in [1.82, 2.24) is 10.2 Å². The van der Waals surface area contributed by atoms with Crippen molar-refractivity contribution in [2.45, 2.75) is 25.3 Å². The molecule has 1 fully saturated rings. The average Bonchev–Trinajstić information content (AvgIpc) is 2.73. The largest absolute Gasteiger partial charge is 0.349 e. The summed E-state index contributed by atoms with van der Waals surface area (Å²) < 4.78 is 0. The van der Waals surface area contributed by atoms with Crippen molar-refractivity contribution in [3.8, 4) is 0 Å². The van der Waals surface area contributed by atoms with Crippen molar-refractivity contribution in [3.63, 3.8) is 0 Å². The second-order valence-electron chi connectivity index (χ2n) is 6.78. The zero-order chi connectivity index (χ0) is 18.9. The zero-order valence-corrected chi connectivity index (χ0v) is 16.3. The van der Waals surface area contributed by atoms with E-state index in [2.05, 4.69) is 17.4 Å². The standard InChI is InChI=1S/C22H26N2O2S/c25-21(17-27-16-13-18-7-3-1-4-8-18)24-14-11-20(12-15-24)23-22(26)19-9-5-2-6-10-19/h1-10,20H,11-17H2,(H,23,26). The lowest BCUT2D eigenvalue weighted by molar-refractivity contribution is -0.129. The normalized spacial score (nSPS) is 14.7. The number of carbonyl (C=O) groups is 2. The molecule has 1 saturated heterocycles. The summed E-state index contributed by atoms with van der Waals surface area (Å²) >= 11 is 1.70. The molecule has 4 nitrogen and oxygen atoms in total. The molecule has 1 aliphatic heterocycles. The van der Waals surface area contributed by atoms with E-state index >= 15 is 0 Å². The maximum absolute atomic E-state index is 12.4. The first-order valence-corrected chi connectivity index (χ1v) is 10.6. The Morgan fingerprint density at radius 3 is 2.26 bits per heavy atom. The van der Waals surface area contributed by atoms with Crippen LogP contribution in [0, 0.1) is 0 Å². The van der Waals surface area contributed by atoms with E-state index in [1.54, 1.807) is 11.8 Å². The lowest BCUT2D eigenvalue weighted by Gasteiger charge is -2.32. The average molecular weight is 383 g/mol. The second kappa shape index (κ2) is 10.2. The number of amides is 2. The van der Waals surface area contributed by atoms with Crippen molar-refractivity contribution in [1.29, 1.82) is 0 Å². The molecule has 27 heavy (non-hydrogen) atoms. The first kappa shape index (κ1) is 19.5. The molecule has 1 aliphatic rings. The van der Waals surface area contributed by atoms with Gasteiger partial charge >= 0.3 is 0 Å². The van der Waals surface area contributed by atoms with Crippen LogP contribution in [0.1, 0.15) is 28.8 Å². The van der Waals surface area contributed by atoms with Crippen molar-refractivity contribution in [2.75, 3.05) is 24.6 Å². The molecule has 2 aromatic carbocycles. The Balaban J connectivity index is 1.33. The molecule has 0 unspecified atom stereocenters. The Labute approximate surface area is 165 Å². The predicted octanol–water partition coefficient (Wildman–Crippen LogP) is 3.38. The molecule has 0 atom stereocenters. The van der Waals surface area contributed by atoms with Crippen molar-refractivity contribution in [3.05, 3.63) is 71.8 Å². The van der Waals surface area contributed by atoms with Crippen molar-refractivity contribution in [2.24, 2.45) is 0 Å². The van der Waals surface area contributed by atoms with Gasteiger partial charge in [0, 0.05) is 24.7 Å². The van der Waals surface area contributed by atoms with Crippen LogP contribution in [0.3, 0.4) is 0 Å². The molecule has 1 heterocycles. The summed E-state index contributed by atoms with van der Waals surface area (Å²) in [6, 6.07) is 19.8. The minimum Gasteiger partial charge on any atom is -0.349 e. The van der Waals surface area contributed by atoms with E-state index in [1.165, 1.54) is 5.56 Å². The van der Waals surface area contributed by atoms with E-state index in [-0.39, 0.29) is 17.9 Å². The third-order valence-corrected chi connectivity index (χ3v) is 5.77. The summed E-state index contributed by atoms with van der Waals surface area (Å²) in [5.74, 6) is 1.67. The van der Waals surface area contributed by atoms with E-state index < -0.39 is 0 Å². The number of likely N-dealkylation sites (tertiary alicyclic amines) is 1. The van der Waals surface area contributed by atoms with Gasteiger partial charge in [0.2, 0.25) is 5.91 Å². The van der Waals surface area contributed by atoms with Crippen LogP contribution in [0.5, 0.6) is 0 Å². The quantitative estimate of drug-likeness (QED) is 0.747. The van der Waals surface area contributed by atoms with E-state index in [0.29, 0.717) is 11.3 Å². The Morgan fingerprint density at radius 2 is 1.59 bits per heavy atom. The van der Waals surface area contributed by atoms with Gasteiger partial charge in [-0.15, -0.1) is 0 Å². The molecule has 3 rings (SSSR count). The summed E-state index contributed by atoms with van der Waals surface area (Å²) in [5.41, 5.74) is 2.00. The van der Waals surface area contributed by atoms with Crippen LogP contribution in [-0.4, -0.2) is 47.4 Å². The summed E-state index contributed by atoms with van der Waals surface area (Å²) in [4.78, 5) is 26.5. The van der Waals surface area contributed by atoms with Crippen molar-refractivity contribution >= 4 is 23.6 Å². The maximum Gasteiger partial charge on any atom is 0.251 e. The van der Waals surface area contributed by atoms with E-state index in [1.807, 2.05) is 53.4 Å². The number of benzene rings is 2. The maximum atomic E-state index is 12.4. The van der Waals surface area contributed by atoms with Gasteiger partial charge in [-0.05, 0) is 42.7 Å². The van der Waals surface area contributed by atoms with Gasteiger partial charge in [0.05, 0.1) is 5.75 Å². The SMILES string of the molecule is O=C(NC1CCN(C(=O)CSCCc2ccccc2)CC1)c1ccccc1. The molecular formula is C22H26N2O2S. The van der Waals surface area contributed by atoms with Gasteiger partial charge in [0.25, 0.3) is 5.91 Å². The number of thioether (sulfide) groups is 1. The van der Waals surface area contributed by atoms with Gasteiger partial charge in [0.15, 0.2) is 0 Å². The molecule has 0 bridgehead atoms. The van der Waals surface area contributed by atoms with E-state index in [9.17, 15) is 9.59 Å². The molecule has 0 spiro atoms. The van der Waals surface area contributed by atoms with Gasteiger partial charge < -0.3 is 10.2 Å². The number of rotatable bonds is 7. The highest BCUT2D eigenvalue weighted by Gasteiger charge is 2.23. The summed E-state index contributed by atoms with van der Waals surface area (Å²) in [6.07, 6.45) is 2.63. The minimum absolute atomic E-state index is 0.0307. The van der Waals surface area contributed by atoms with Crippen LogP contribution in [0.4, 0.5) is 0 Å². The third kappa shape index (κ3) is 6.14. The summed E-state index contributed by atoms with van der Waals surface area (Å²) in [7, 11) is 0. The molecule has 5 heteroatoms. The number of hydrogen-bond donors (Lipinski definition) is 1. The van der Waals surface area contributed by atoms with Gasteiger partial charge in [-0.1, -0.05) is 48.5 Å². The molecule has 0 aromatic heterocycles. The molecule has 0 radical (unpaired) electrons. The number of nitrogens with one attached hydrogen (secondary N) is 1. The van der Waals surface area contributed by atoms with Crippen LogP contribution < -0.4 is 5.32 Å². The lowest BCUT2D eigenvalue weighted by atomic mass is 10.0. The second-order valence-corrected chi connectivity index (χ2v) is 7.89. The summed E-state index contributed by atoms with van der Waals surface area (Å²) in [5, 5.41) is 3.08. The van der Waals surface area contributed by atoms with E-state index in [4.69, 9.17) is 0 Å². The van der Waals surface area contributed by atoms with Crippen LogP contribution in [0.15, 0.2) is 60.7 Å². The molecule has 0 saturated carbocycles. The molecule has 2 aromatic rings. The van der Waals surface area contributed by atoms with Crippen LogP contribution in [0.25, 0.3) is 0 Å². The van der Waals surface area contributed by atoms with Crippen LogP contribution in [-0.2, 0) is 11.2 Å². The summed E-state index contributed by atoms with van der Waals surface area (Å²) in [6.45, 7) is 1.44. The lowest BCUT2D eigenvalue weighted by Crippen LogP contribution is -2.47. The topological polar surface area (TPSA) is 49.4 Å². The Kier molecular flexibility index (Phi) is 7.34. The first-order chi connectivity index (χ1) is 13.2. The highest BCUT2D eigenvalue weighted by atomic mass is 32.2. The number of carbonyl (C=O) groups excluding carboxylic acids is 2. The fourth-order valence-electron chi connectivity index (χ4n) is 3.22. The molecule has 0 aliphatic carbocycles. The van der Waals surface area contributed by atoms with Crippen LogP contribution >= 0.6 is 11.8 Å². The van der Waals surface area contributed by atoms with Crippen LogP contribution in [0.2, 0.25) is 0 Å². The molecule has 2 amide bonds. The highest BCUT2D eigenvalue weighted by molar-refractivity contribution is 7.99. The molecule has 1 N–H and O–H groups in total. The Hall–Kier alpha value is -2.27. The van der Waals surface area contributed by atoms with Gasteiger partial charge in [0.1, 0.15) is 0 Å². The fourth-order valence-corrected chi connectivity index (χ4v) is 4.10. The smallest absolute Gasteiger partial charge is 0.251 e. The monoisotopic (exact) mass is 382 g/mol. The number of piperidine rings is 1. The zero-order valence-electron chi connectivity index (χ0n) is 15.5. The minimum atomic E-state index is -0.0307. The van der Waals surface area contributed by atoms with Gasteiger partial charge in [-0.25, -0.2) is 0 Å².